The Morgan fingerprint density at radius 1 is 1.40 bits per heavy atom. The van der Waals surface area contributed by atoms with Crippen LogP contribution in [0.25, 0.3) is 10.9 Å². The number of halogens is 1. The van der Waals surface area contributed by atoms with Crippen LogP contribution in [-0.2, 0) is 16.1 Å². The highest BCUT2D eigenvalue weighted by molar-refractivity contribution is 9.10. The zero-order valence-corrected chi connectivity index (χ0v) is 12.5. The van der Waals surface area contributed by atoms with Gasteiger partial charge in [0.1, 0.15) is 6.61 Å². The molecule has 0 aliphatic rings. The van der Waals surface area contributed by atoms with Crippen LogP contribution in [0.2, 0.25) is 0 Å². The van der Waals surface area contributed by atoms with Crippen molar-refractivity contribution < 1.29 is 9.53 Å². The van der Waals surface area contributed by atoms with Crippen LogP contribution < -0.4 is 11.1 Å². The van der Waals surface area contributed by atoms with E-state index in [4.69, 9.17) is 10.5 Å². The zero-order valence-electron chi connectivity index (χ0n) is 10.9. The minimum atomic E-state index is -0.451. The van der Waals surface area contributed by atoms with Crippen molar-refractivity contribution in [3.05, 3.63) is 40.5 Å². The van der Waals surface area contributed by atoms with Crippen LogP contribution in [0.4, 0.5) is 0 Å². The van der Waals surface area contributed by atoms with Gasteiger partial charge in [-0.05, 0) is 17.7 Å². The van der Waals surface area contributed by atoms with Crippen LogP contribution in [0.15, 0.2) is 34.9 Å². The Hall–Kier alpha value is -1.50. The summed E-state index contributed by atoms with van der Waals surface area (Å²) in [6, 6.07) is 8.01. The number of nitrogens with zero attached hydrogens (tertiary/aromatic N) is 1. The van der Waals surface area contributed by atoms with E-state index in [2.05, 4.69) is 26.2 Å². The quantitative estimate of drug-likeness (QED) is 0.752. The Kier molecular flexibility index (Phi) is 5.46. The fourth-order valence-corrected chi connectivity index (χ4v) is 2.33. The Morgan fingerprint density at radius 3 is 3.05 bits per heavy atom. The Bertz CT molecular complexity index is 604. The highest BCUT2D eigenvalue weighted by Gasteiger charge is 2.04. The first-order chi connectivity index (χ1) is 9.68. The fraction of sp³-hybridized carbons (Fsp3) is 0.286. The van der Waals surface area contributed by atoms with Crippen molar-refractivity contribution >= 4 is 32.7 Å². The summed E-state index contributed by atoms with van der Waals surface area (Å²) in [4.78, 5) is 14.9. The smallest absolute Gasteiger partial charge is 0.243 e. The molecule has 0 spiro atoms. The second-order valence-corrected chi connectivity index (χ2v) is 5.16. The second-order valence-electron chi connectivity index (χ2n) is 4.30. The number of hydrogen-bond donors (Lipinski definition) is 2. The summed E-state index contributed by atoms with van der Waals surface area (Å²) in [6.45, 7) is 1.76. The van der Waals surface area contributed by atoms with E-state index in [-0.39, 0.29) is 6.61 Å². The number of aromatic nitrogens is 1. The number of carbonyl (C=O) groups excluding carboxylic acids is 1. The average molecular weight is 338 g/mol. The molecule has 1 heterocycles. The SMILES string of the molecule is NC(=O)COCCNCc1ccc(Br)c2cccnc12. The van der Waals surface area contributed by atoms with Gasteiger partial charge in [-0.2, -0.15) is 0 Å². The minimum Gasteiger partial charge on any atom is -0.370 e. The van der Waals surface area contributed by atoms with E-state index in [1.54, 1.807) is 6.20 Å². The van der Waals surface area contributed by atoms with E-state index < -0.39 is 5.91 Å². The molecule has 0 saturated heterocycles. The Balaban J connectivity index is 1.90. The van der Waals surface area contributed by atoms with Gasteiger partial charge in [-0.25, -0.2) is 0 Å². The monoisotopic (exact) mass is 337 g/mol. The highest BCUT2D eigenvalue weighted by atomic mass is 79.9. The van der Waals surface area contributed by atoms with Crippen molar-refractivity contribution in [2.75, 3.05) is 19.8 Å². The van der Waals surface area contributed by atoms with E-state index in [0.29, 0.717) is 19.7 Å². The predicted octanol–water partition coefficient (Wildman–Crippen LogP) is 1.59. The van der Waals surface area contributed by atoms with Gasteiger partial charge in [0.15, 0.2) is 0 Å². The lowest BCUT2D eigenvalue weighted by Gasteiger charge is -2.09. The maximum absolute atomic E-state index is 10.5. The van der Waals surface area contributed by atoms with Gasteiger partial charge in [0, 0.05) is 29.1 Å². The molecule has 2 rings (SSSR count). The molecular weight excluding hydrogens is 322 g/mol. The Morgan fingerprint density at radius 2 is 2.25 bits per heavy atom. The number of hydrogen-bond acceptors (Lipinski definition) is 4. The summed E-state index contributed by atoms with van der Waals surface area (Å²) in [5, 5.41) is 4.35. The molecule has 2 aromatic rings. The molecular formula is C14H16BrN3O2. The molecule has 0 atom stereocenters. The van der Waals surface area contributed by atoms with Crippen LogP contribution in [0.1, 0.15) is 5.56 Å². The van der Waals surface area contributed by atoms with Gasteiger partial charge in [-0.1, -0.05) is 28.1 Å². The number of primary amides is 1. The van der Waals surface area contributed by atoms with Crippen molar-refractivity contribution in [2.24, 2.45) is 5.73 Å². The van der Waals surface area contributed by atoms with Gasteiger partial charge in [-0.3, -0.25) is 9.78 Å². The molecule has 106 valence electrons. The summed E-state index contributed by atoms with van der Waals surface area (Å²) >= 11 is 3.52. The lowest BCUT2D eigenvalue weighted by molar-refractivity contribution is -0.122. The molecule has 0 saturated carbocycles. The Labute approximate surface area is 125 Å². The van der Waals surface area contributed by atoms with Crippen LogP contribution in [0.5, 0.6) is 0 Å². The highest BCUT2D eigenvalue weighted by Crippen LogP contribution is 2.24. The molecule has 1 aromatic heterocycles. The minimum absolute atomic E-state index is 0.0373. The first kappa shape index (κ1) is 14.9. The molecule has 0 radical (unpaired) electrons. The first-order valence-corrected chi connectivity index (χ1v) is 7.06. The average Bonchev–Trinajstić information content (AvgIpc) is 2.45. The first-order valence-electron chi connectivity index (χ1n) is 6.27. The van der Waals surface area contributed by atoms with Crippen molar-refractivity contribution in [1.29, 1.82) is 0 Å². The van der Waals surface area contributed by atoms with Crippen molar-refractivity contribution in [1.82, 2.24) is 10.3 Å². The number of pyridine rings is 1. The lowest BCUT2D eigenvalue weighted by atomic mass is 10.1. The summed E-state index contributed by atoms with van der Waals surface area (Å²) in [6.07, 6.45) is 1.79. The molecule has 20 heavy (non-hydrogen) atoms. The number of benzene rings is 1. The number of nitrogens with one attached hydrogen (secondary N) is 1. The molecule has 3 N–H and O–H groups in total. The third-order valence-electron chi connectivity index (χ3n) is 2.78. The van der Waals surface area contributed by atoms with Gasteiger partial charge in [-0.15, -0.1) is 0 Å². The van der Waals surface area contributed by atoms with Gasteiger partial charge in [0.2, 0.25) is 5.91 Å². The van der Waals surface area contributed by atoms with Crippen LogP contribution in [-0.4, -0.2) is 30.6 Å². The van der Waals surface area contributed by atoms with E-state index in [1.807, 2.05) is 24.3 Å². The summed E-state index contributed by atoms with van der Waals surface area (Å²) < 4.78 is 6.12. The number of carbonyl (C=O) groups is 1. The molecule has 5 nitrogen and oxygen atoms in total. The predicted molar refractivity (Wildman–Crippen MR) is 81.2 cm³/mol. The van der Waals surface area contributed by atoms with E-state index >= 15 is 0 Å². The largest absolute Gasteiger partial charge is 0.370 e. The zero-order chi connectivity index (χ0) is 14.4. The van der Waals surface area contributed by atoms with E-state index in [0.717, 1.165) is 20.9 Å². The van der Waals surface area contributed by atoms with Crippen molar-refractivity contribution in [2.45, 2.75) is 6.54 Å². The number of ether oxygens (including phenoxy) is 1. The number of nitrogens with two attached hydrogens (primary N) is 1. The van der Waals surface area contributed by atoms with Gasteiger partial charge in [0.05, 0.1) is 12.1 Å². The second kappa shape index (κ2) is 7.33. The van der Waals surface area contributed by atoms with Gasteiger partial charge < -0.3 is 15.8 Å². The summed E-state index contributed by atoms with van der Waals surface area (Å²) in [5.41, 5.74) is 7.08. The molecule has 0 unspecified atom stereocenters. The molecule has 0 aliphatic heterocycles. The standard InChI is InChI=1S/C14H16BrN3O2/c15-12-4-3-10(14-11(12)2-1-5-18-14)8-17-6-7-20-9-13(16)19/h1-5,17H,6-9H2,(H2,16,19). The molecule has 1 amide bonds. The van der Waals surface area contributed by atoms with Crippen molar-refractivity contribution in [3.63, 3.8) is 0 Å². The maximum atomic E-state index is 10.5. The summed E-state index contributed by atoms with van der Waals surface area (Å²) in [7, 11) is 0. The van der Waals surface area contributed by atoms with Crippen molar-refractivity contribution in [3.8, 4) is 0 Å². The number of fused-ring (bicyclic) bond motifs is 1. The fourth-order valence-electron chi connectivity index (χ4n) is 1.88. The number of rotatable bonds is 7. The third kappa shape index (κ3) is 4.00. The topological polar surface area (TPSA) is 77.2 Å². The lowest BCUT2D eigenvalue weighted by Crippen LogP contribution is -2.23. The molecule has 0 aliphatic carbocycles. The van der Waals surface area contributed by atoms with E-state index in [9.17, 15) is 4.79 Å². The molecule has 0 bridgehead atoms. The maximum Gasteiger partial charge on any atom is 0.243 e. The van der Waals surface area contributed by atoms with Crippen LogP contribution in [0.3, 0.4) is 0 Å². The molecule has 6 heteroatoms. The molecule has 0 fully saturated rings. The van der Waals surface area contributed by atoms with Gasteiger partial charge in [0.25, 0.3) is 0 Å². The van der Waals surface area contributed by atoms with E-state index in [1.165, 1.54) is 0 Å². The van der Waals surface area contributed by atoms with Crippen LogP contribution >= 0.6 is 15.9 Å². The third-order valence-corrected chi connectivity index (χ3v) is 3.47. The summed E-state index contributed by atoms with van der Waals surface area (Å²) in [5.74, 6) is -0.451. The number of amides is 1. The normalized spacial score (nSPS) is 10.8. The van der Waals surface area contributed by atoms with Crippen LogP contribution in [0, 0.1) is 0 Å². The molecule has 1 aromatic carbocycles. The van der Waals surface area contributed by atoms with Gasteiger partial charge >= 0.3 is 0 Å².